The van der Waals surface area contributed by atoms with Gasteiger partial charge in [-0.05, 0) is 18.1 Å². The summed E-state index contributed by atoms with van der Waals surface area (Å²) in [6.07, 6.45) is 2.77. The first-order chi connectivity index (χ1) is 8.15. The molecular formula is C12H23NO3S. The Labute approximate surface area is 107 Å². The first-order valence-electron chi connectivity index (χ1n) is 6.41. The minimum Gasteiger partial charge on any atom is -0.396 e. The number of aliphatic hydroxyl groups is 1. The topological polar surface area (TPSA) is 64.7 Å². The van der Waals surface area contributed by atoms with Crippen molar-refractivity contribution < 1.29 is 14.6 Å². The maximum atomic E-state index is 9.04. The van der Waals surface area contributed by atoms with Crippen LogP contribution in [0.25, 0.3) is 0 Å². The predicted octanol–water partition coefficient (Wildman–Crippen LogP) is 0.971. The summed E-state index contributed by atoms with van der Waals surface area (Å²) >= 11 is 1.85. The largest absolute Gasteiger partial charge is 0.396 e. The van der Waals surface area contributed by atoms with Gasteiger partial charge in [-0.25, -0.2) is 0 Å². The lowest BCUT2D eigenvalue weighted by Crippen LogP contribution is -2.47. The fourth-order valence-electron chi connectivity index (χ4n) is 2.41. The Morgan fingerprint density at radius 1 is 1.47 bits per heavy atom. The molecule has 5 heteroatoms. The zero-order chi connectivity index (χ0) is 12.3. The molecule has 2 aliphatic rings. The molecule has 2 rings (SSSR count). The standard InChI is InChI=1S/C12H23NO3S/c1-9(7-14)8-17-11-6-12(3-2-10(11)13)15-4-5-16-12/h9-11,14H,2-8,13H2,1H3. The van der Waals surface area contributed by atoms with Crippen LogP contribution in [-0.2, 0) is 9.47 Å². The summed E-state index contributed by atoms with van der Waals surface area (Å²) in [6, 6.07) is 0.226. The molecule has 17 heavy (non-hydrogen) atoms. The number of nitrogens with two attached hydrogens (primary N) is 1. The summed E-state index contributed by atoms with van der Waals surface area (Å²) in [4.78, 5) is 0. The van der Waals surface area contributed by atoms with Crippen molar-refractivity contribution in [1.82, 2.24) is 0 Å². The first kappa shape index (κ1) is 13.6. The van der Waals surface area contributed by atoms with Crippen molar-refractivity contribution in [3.63, 3.8) is 0 Å². The first-order valence-corrected chi connectivity index (χ1v) is 7.46. The highest BCUT2D eigenvalue weighted by molar-refractivity contribution is 7.99. The maximum Gasteiger partial charge on any atom is 0.169 e. The Kier molecular flexibility index (Phi) is 4.72. The van der Waals surface area contributed by atoms with E-state index in [-0.39, 0.29) is 18.4 Å². The minimum atomic E-state index is -0.351. The van der Waals surface area contributed by atoms with Crippen molar-refractivity contribution in [3.05, 3.63) is 0 Å². The fraction of sp³-hybridized carbons (Fsp3) is 1.00. The van der Waals surface area contributed by atoms with Crippen LogP contribution in [0.1, 0.15) is 26.2 Å². The van der Waals surface area contributed by atoms with Crippen LogP contribution in [0.4, 0.5) is 0 Å². The molecule has 2 fully saturated rings. The zero-order valence-electron chi connectivity index (χ0n) is 10.4. The van der Waals surface area contributed by atoms with Crippen molar-refractivity contribution in [2.75, 3.05) is 25.6 Å². The van der Waals surface area contributed by atoms with Gasteiger partial charge in [0, 0.05) is 30.7 Å². The van der Waals surface area contributed by atoms with Crippen LogP contribution in [0.15, 0.2) is 0 Å². The van der Waals surface area contributed by atoms with Gasteiger partial charge in [-0.15, -0.1) is 0 Å². The van der Waals surface area contributed by atoms with Gasteiger partial charge in [0.25, 0.3) is 0 Å². The van der Waals surface area contributed by atoms with E-state index in [1.54, 1.807) is 0 Å². The van der Waals surface area contributed by atoms with Gasteiger partial charge in [-0.3, -0.25) is 0 Å². The summed E-state index contributed by atoms with van der Waals surface area (Å²) < 4.78 is 11.5. The number of thioether (sulfide) groups is 1. The third kappa shape index (κ3) is 3.35. The summed E-state index contributed by atoms with van der Waals surface area (Å²) in [6.45, 7) is 3.71. The van der Waals surface area contributed by atoms with Gasteiger partial charge in [0.1, 0.15) is 0 Å². The highest BCUT2D eigenvalue weighted by Gasteiger charge is 2.44. The third-order valence-corrected chi connectivity index (χ3v) is 5.27. The number of hydrogen-bond donors (Lipinski definition) is 2. The van der Waals surface area contributed by atoms with E-state index in [0.717, 1.165) is 25.0 Å². The maximum absolute atomic E-state index is 9.04. The summed E-state index contributed by atoms with van der Waals surface area (Å²) in [7, 11) is 0. The van der Waals surface area contributed by atoms with Crippen LogP contribution in [0.5, 0.6) is 0 Å². The molecule has 1 saturated heterocycles. The van der Waals surface area contributed by atoms with Crippen LogP contribution in [0, 0.1) is 5.92 Å². The Balaban J connectivity index is 1.86. The second-order valence-corrected chi connectivity index (χ2v) is 6.45. The molecule has 1 aliphatic carbocycles. The fourth-order valence-corrected chi connectivity index (χ4v) is 3.85. The number of rotatable bonds is 4. The zero-order valence-corrected chi connectivity index (χ0v) is 11.2. The van der Waals surface area contributed by atoms with E-state index in [9.17, 15) is 0 Å². The molecule has 3 N–H and O–H groups in total. The van der Waals surface area contributed by atoms with Crippen LogP contribution >= 0.6 is 11.8 Å². The summed E-state index contributed by atoms with van der Waals surface area (Å²) in [5.41, 5.74) is 6.16. The van der Waals surface area contributed by atoms with Crippen molar-refractivity contribution in [1.29, 1.82) is 0 Å². The summed E-state index contributed by atoms with van der Waals surface area (Å²) in [5, 5.41) is 9.43. The monoisotopic (exact) mass is 261 g/mol. The van der Waals surface area contributed by atoms with E-state index in [0.29, 0.717) is 24.4 Å². The molecule has 1 saturated carbocycles. The van der Waals surface area contributed by atoms with Crippen molar-refractivity contribution >= 4 is 11.8 Å². The predicted molar refractivity (Wildman–Crippen MR) is 69.0 cm³/mol. The normalized spacial score (nSPS) is 34.1. The molecule has 1 aliphatic heterocycles. The van der Waals surface area contributed by atoms with Crippen LogP contribution in [0.3, 0.4) is 0 Å². The highest BCUT2D eigenvalue weighted by atomic mass is 32.2. The SMILES string of the molecule is CC(CO)CSC1CC2(CCC1N)OCCO2. The quantitative estimate of drug-likeness (QED) is 0.789. The van der Waals surface area contributed by atoms with Gasteiger partial charge in [0.05, 0.1) is 13.2 Å². The molecule has 0 radical (unpaired) electrons. The van der Waals surface area contributed by atoms with E-state index < -0.39 is 0 Å². The number of hydrogen-bond acceptors (Lipinski definition) is 5. The Hall–Kier alpha value is 0.190. The van der Waals surface area contributed by atoms with Crippen LogP contribution < -0.4 is 5.73 Å². The summed E-state index contributed by atoms with van der Waals surface area (Å²) in [5.74, 6) is 0.927. The molecule has 0 aromatic carbocycles. The Bertz CT molecular complexity index is 246. The Morgan fingerprint density at radius 2 is 2.18 bits per heavy atom. The lowest BCUT2D eigenvalue weighted by Gasteiger charge is -2.39. The molecule has 3 atom stereocenters. The van der Waals surface area contributed by atoms with Crippen molar-refractivity contribution in [2.45, 2.75) is 43.3 Å². The van der Waals surface area contributed by atoms with Crippen molar-refractivity contribution in [3.8, 4) is 0 Å². The van der Waals surface area contributed by atoms with E-state index in [2.05, 4.69) is 6.92 Å². The average Bonchev–Trinajstić information content (AvgIpc) is 2.79. The molecule has 0 aromatic heterocycles. The molecule has 0 bridgehead atoms. The molecule has 1 heterocycles. The lowest BCUT2D eigenvalue weighted by atomic mass is 9.90. The second-order valence-electron chi connectivity index (χ2n) is 5.17. The smallest absolute Gasteiger partial charge is 0.169 e. The van der Waals surface area contributed by atoms with Gasteiger partial charge in [-0.2, -0.15) is 11.8 Å². The van der Waals surface area contributed by atoms with Gasteiger partial charge in [0.2, 0.25) is 0 Å². The minimum absolute atomic E-state index is 0.226. The van der Waals surface area contributed by atoms with E-state index in [1.807, 2.05) is 11.8 Å². The van der Waals surface area contributed by atoms with Gasteiger partial charge < -0.3 is 20.3 Å². The van der Waals surface area contributed by atoms with Gasteiger partial charge in [-0.1, -0.05) is 6.92 Å². The van der Waals surface area contributed by atoms with Crippen LogP contribution in [-0.4, -0.2) is 47.8 Å². The van der Waals surface area contributed by atoms with E-state index in [4.69, 9.17) is 20.3 Å². The highest BCUT2D eigenvalue weighted by Crippen LogP contribution is 2.40. The Morgan fingerprint density at radius 3 is 2.82 bits per heavy atom. The number of ether oxygens (including phenoxy) is 2. The van der Waals surface area contributed by atoms with Crippen LogP contribution in [0.2, 0.25) is 0 Å². The van der Waals surface area contributed by atoms with E-state index >= 15 is 0 Å². The lowest BCUT2D eigenvalue weighted by molar-refractivity contribution is -0.176. The number of aliphatic hydroxyl groups excluding tert-OH is 1. The molecule has 4 nitrogen and oxygen atoms in total. The van der Waals surface area contributed by atoms with Crippen molar-refractivity contribution in [2.24, 2.45) is 11.7 Å². The van der Waals surface area contributed by atoms with Gasteiger partial charge >= 0.3 is 0 Å². The molecule has 0 aromatic rings. The third-order valence-electron chi connectivity index (χ3n) is 3.57. The molecule has 0 amide bonds. The molecule has 3 unspecified atom stereocenters. The van der Waals surface area contributed by atoms with E-state index in [1.165, 1.54) is 0 Å². The second kappa shape index (κ2) is 5.89. The molecular weight excluding hydrogens is 238 g/mol. The average molecular weight is 261 g/mol. The molecule has 100 valence electrons. The van der Waals surface area contributed by atoms with Gasteiger partial charge in [0.15, 0.2) is 5.79 Å². The molecule has 1 spiro atoms.